The topological polar surface area (TPSA) is 46.9 Å². The van der Waals surface area contributed by atoms with Gasteiger partial charge in [0.15, 0.2) is 0 Å². The average Bonchev–Trinajstić information content (AvgIpc) is 3.22. The minimum atomic E-state index is -2.66. The van der Waals surface area contributed by atoms with Gasteiger partial charge in [-0.3, -0.25) is 9.48 Å². The summed E-state index contributed by atoms with van der Waals surface area (Å²) in [6, 6.07) is -0.501. The van der Waals surface area contributed by atoms with E-state index in [1.807, 2.05) is 0 Å². The Morgan fingerprint density at radius 1 is 1.33 bits per heavy atom. The van der Waals surface area contributed by atoms with Crippen molar-refractivity contribution >= 4 is 21.8 Å². The number of halogens is 3. The zero-order chi connectivity index (χ0) is 17.6. The summed E-state index contributed by atoms with van der Waals surface area (Å²) in [6.07, 6.45) is 2.43. The van der Waals surface area contributed by atoms with Gasteiger partial charge in [-0.2, -0.15) is 5.10 Å². The van der Waals surface area contributed by atoms with Gasteiger partial charge in [-0.25, -0.2) is 8.78 Å². The van der Waals surface area contributed by atoms with E-state index in [4.69, 9.17) is 0 Å². The number of fused-ring (bicyclic) bond motifs is 2. The van der Waals surface area contributed by atoms with Crippen molar-refractivity contribution in [2.45, 2.75) is 65.0 Å². The van der Waals surface area contributed by atoms with E-state index in [2.05, 4.69) is 33.3 Å². The first-order valence-electron chi connectivity index (χ1n) is 8.62. The Labute approximate surface area is 149 Å². The van der Waals surface area contributed by atoms with Crippen LogP contribution in [-0.2, 0) is 4.79 Å². The van der Waals surface area contributed by atoms with Crippen molar-refractivity contribution in [2.24, 2.45) is 17.8 Å². The van der Waals surface area contributed by atoms with Gasteiger partial charge in [0, 0.05) is 6.04 Å². The molecule has 24 heavy (non-hydrogen) atoms. The molecule has 1 aromatic heterocycles. The summed E-state index contributed by atoms with van der Waals surface area (Å²) in [4.78, 5) is 12.6. The molecule has 0 spiro atoms. The summed E-state index contributed by atoms with van der Waals surface area (Å²) in [5, 5.41) is 7.02. The van der Waals surface area contributed by atoms with Crippen molar-refractivity contribution in [3.8, 4) is 0 Å². The smallest absolute Gasteiger partial charge is 0.283 e. The Morgan fingerprint density at radius 2 is 2.04 bits per heavy atom. The van der Waals surface area contributed by atoms with Gasteiger partial charge >= 0.3 is 0 Å². The van der Waals surface area contributed by atoms with Crippen molar-refractivity contribution in [1.29, 1.82) is 0 Å². The zero-order valence-corrected chi connectivity index (χ0v) is 15.8. The normalized spacial score (nSPS) is 28.4. The van der Waals surface area contributed by atoms with Crippen LogP contribution in [0.5, 0.6) is 0 Å². The lowest BCUT2D eigenvalue weighted by Gasteiger charge is -2.29. The van der Waals surface area contributed by atoms with Crippen LogP contribution in [0.1, 0.15) is 63.4 Å². The summed E-state index contributed by atoms with van der Waals surface area (Å²) in [5.74, 6) is 1.94. The lowest BCUT2D eigenvalue weighted by molar-refractivity contribution is -0.125. The third-order valence-corrected chi connectivity index (χ3v) is 6.84. The number of nitrogens with zero attached hydrogens (tertiary/aromatic N) is 2. The molecule has 7 heteroatoms. The highest BCUT2D eigenvalue weighted by atomic mass is 79.9. The van der Waals surface area contributed by atoms with E-state index in [9.17, 15) is 13.6 Å². The molecule has 1 N–H and O–H groups in total. The van der Waals surface area contributed by atoms with Gasteiger partial charge in [0.05, 0.1) is 10.2 Å². The number of hydrogen-bond acceptors (Lipinski definition) is 2. The van der Waals surface area contributed by atoms with Crippen LogP contribution in [0.2, 0.25) is 0 Å². The standard InChI is InChI=1S/C17H24BrF2N3O/c1-8(13-7-11-4-5-12(13)6-11)21-17(24)10(3)23-9(2)14(18)15(22-23)16(19)20/h8,10-13,16H,4-7H2,1-3H3,(H,21,24)/t8-,10-,11-,12-,13+/m1/s1. The van der Waals surface area contributed by atoms with Gasteiger partial charge in [-0.1, -0.05) is 6.42 Å². The summed E-state index contributed by atoms with van der Waals surface area (Å²) in [7, 11) is 0. The molecule has 3 rings (SSSR count). The lowest BCUT2D eigenvalue weighted by Crippen LogP contribution is -2.43. The molecule has 4 nitrogen and oxygen atoms in total. The number of rotatable bonds is 5. The van der Waals surface area contributed by atoms with E-state index in [0.29, 0.717) is 11.6 Å². The second-order valence-electron chi connectivity index (χ2n) is 7.34. The predicted octanol–water partition coefficient (Wildman–Crippen LogP) is 4.39. The number of carbonyl (C=O) groups is 1. The van der Waals surface area contributed by atoms with Crippen molar-refractivity contribution < 1.29 is 13.6 Å². The molecular weight excluding hydrogens is 380 g/mol. The van der Waals surface area contributed by atoms with Crippen molar-refractivity contribution in [2.75, 3.05) is 0 Å². The lowest BCUT2D eigenvalue weighted by atomic mass is 9.84. The van der Waals surface area contributed by atoms with Crippen LogP contribution < -0.4 is 5.32 Å². The number of hydrogen-bond donors (Lipinski definition) is 1. The first kappa shape index (κ1) is 17.8. The van der Waals surface area contributed by atoms with E-state index in [0.717, 1.165) is 11.8 Å². The maximum atomic E-state index is 13.0. The van der Waals surface area contributed by atoms with E-state index in [1.165, 1.54) is 30.4 Å². The summed E-state index contributed by atoms with van der Waals surface area (Å²) in [6.45, 7) is 5.45. The molecule has 1 heterocycles. The third-order valence-electron chi connectivity index (χ3n) is 5.86. The Bertz CT molecular complexity index is 634. The van der Waals surface area contributed by atoms with Crippen LogP contribution in [0.4, 0.5) is 8.78 Å². The SMILES string of the molecule is Cc1c(Br)c(C(F)F)nn1[C@H](C)C(=O)N[C@H](C)[C@@H]1C[C@@H]2CC[C@@H]1C2. The first-order chi connectivity index (χ1) is 11.3. The van der Waals surface area contributed by atoms with Crippen LogP contribution in [0.25, 0.3) is 0 Å². The van der Waals surface area contributed by atoms with Crippen molar-refractivity contribution in [3.05, 3.63) is 15.9 Å². The van der Waals surface area contributed by atoms with Gasteiger partial charge < -0.3 is 5.32 Å². The Hall–Kier alpha value is -0.980. The first-order valence-corrected chi connectivity index (χ1v) is 9.41. The van der Waals surface area contributed by atoms with Gasteiger partial charge in [0.2, 0.25) is 5.91 Å². The quantitative estimate of drug-likeness (QED) is 0.791. The molecule has 2 aliphatic carbocycles. The van der Waals surface area contributed by atoms with Crippen molar-refractivity contribution in [1.82, 2.24) is 15.1 Å². The van der Waals surface area contributed by atoms with E-state index in [-0.39, 0.29) is 22.1 Å². The number of amides is 1. The molecule has 0 radical (unpaired) electrons. The highest BCUT2D eigenvalue weighted by molar-refractivity contribution is 9.10. The molecule has 0 aromatic carbocycles. The monoisotopic (exact) mass is 403 g/mol. The second kappa shape index (κ2) is 6.73. The summed E-state index contributed by atoms with van der Waals surface area (Å²) >= 11 is 3.15. The molecule has 1 amide bonds. The second-order valence-corrected chi connectivity index (χ2v) is 8.13. The molecule has 1 aromatic rings. The molecule has 0 aliphatic heterocycles. The highest BCUT2D eigenvalue weighted by Crippen LogP contribution is 2.49. The predicted molar refractivity (Wildman–Crippen MR) is 90.9 cm³/mol. The Morgan fingerprint density at radius 3 is 2.54 bits per heavy atom. The molecule has 2 bridgehead atoms. The third kappa shape index (κ3) is 3.11. The highest BCUT2D eigenvalue weighted by Gasteiger charge is 2.42. The van der Waals surface area contributed by atoms with E-state index < -0.39 is 12.5 Å². The molecule has 0 unspecified atom stereocenters. The number of aromatic nitrogens is 2. The van der Waals surface area contributed by atoms with Gasteiger partial charge in [-0.05, 0) is 73.7 Å². The van der Waals surface area contributed by atoms with Crippen LogP contribution in [-0.4, -0.2) is 21.7 Å². The number of nitrogens with one attached hydrogen (secondary N) is 1. The average molecular weight is 404 g/mol. The fourth-order valence-corrected chi connectivity index (χ4v) is 4.94. The minimum Gasteiger partial charge on any atom is -0.352 e. The zero-order valence-electron chi connectivity index (χ0n) is 14.2. The molecular formula is C17H24BrF2N3O. The molecule has 5 atom stereocenters. The van der Waals surface area contributed by atoms with Gasteiger partial charge in [-0.15, -0.1) is 0 Å². The summed E-state index contributed by atoms with van der Waals surface area (Å²) < 4.78 is 27.6. The number of alkyl halides is 2. The fourth-order valence-electron chi connectivity index (χ4n) is 4.51. The maximum Gasteiger partial charge on any atom is 0.283 e. The molecule has 2 aliphatic rings. The Kier molecular flexibility index (Phi) is 5.00. The Balaban J connectivity index is 1.68. The summed E-state index contributed by atoms with van der Waals surface area (Å²) in [5.41, 5.74) is 0.230. The molecule has 0 saturated heterocycles. The minimum absolute atomic E-state index is 0.115. The van der Waals surface area contributed by atoms with Crippen LogP contribution in [0.3, 0.4) is 0 Å². The fraction of sp³-hybridized carbons (Fsp3) is 0.765. The van der Waals surface area contributed by atoms with Crippen LogP contribution >= 0.6 is 15.9 Å². The molecule has 2 fully saturated rings. The molecule has 134 valence electrons. The number of carbonyl (C=O) groups excluding carboxylic acids is 1. The van der Waals surface area contributed by atoms with Gasteiger partial charge in [0.1, 0.15) is 11.7 Å². The van der Waals surface area contributed by atoms with E-state index >= 15 is 0 Å². The molecule has 2 saturated carbocycles. The maximum absolute atomic E-state index is 13.0. The van der Waals surface area contributed by atoms with Crippen molar-refractivity contribution in [3.63, 3.8) is 0 Å². The van der Waals surface area contributed by atoms with Crippen LogP contribution in [0, 0.1) is 24.7 Å². The van der Waals surface area contributed by atoms with E-state index in [1.54, 1.807) is 13.8 Å². The largest absolute Gasteiger partial charge is 0.352 e. The van der Waals surface area contributed by atoms with Gasteiger partial charge in [0.25, 0.3) is 6.43 Å². The van der Waals surface area contributed by atoms with Crippen LogP contribution in [0.15, 0.2) is 4.47 Å².